The van der Waals surface area contributed by atoms with Crippen molar-refractivity contribution in [1.82, 2.24) is 20.0 Å². The molecule has 0 saturated carbocycles. The number of carbonyl (C=O) groups excluding carboxylic acids is 1. The van der Waals surface area contributed by atoms with Gasteiger partial charge in [-0.25, -0.2) is 4.68 Å². The molecule has 0 radical (unpaired) electrons. The molecule has 0 atom stereocenters. The van der Waals surface area contributed by atoms with Gasteiger partial charge < -0.3 is 10.6 Å². The molecule has 0 aliphatic carbocycles. The van der Waals surface area contributed by atoms with Crippen LogP contribution in [0.1, 0.15) is 30.4 Å². The SMILES string of the molecule is CNc1ccc(C(=O)Nc2ccnn2C(C)C)nn1. The molecule has 0 spiro atoms. The highest BCUT2D eigenvalue weighted by Gasteiger charge is 2.12. The van der Waals surface area contributed by atoms with Crippen molar-refractivity contribution in [3.05, 3.63) is 30.1 Å². The molecular formula is C12H16N6O. The Balaban J connectivity index is 2.13. The third kappa shape index (κ3) is 2.87. The highest BCUT2D eigenvalue weighted by atomic mass is 16.2. The summed E-state index contributed by atoms with van der Waals surface area (Å²) in [6, 6.07) is 5.22. The highest BCUT2D eigenvalue weighted by molar-refractivity contribution is 6.02. The Morgan fingerprint density at radius 3 is 2.63 bits per heavy atom. The van der Waals surface area contributed by atoms with Crippen molar-refractivity contribution in [2.75, 3.05) is 17.7 Å². The van der Waals surface area contributed by atoms with Crippen LogP contribution in [-0.2, 0) is 0 Å². The number of anilines is 2. The second-order valence-electron chi connectivity index (χ2n) is 4.26. The molecule has 2 N–H and O–H groups in total. The number of carbonyl (C=O) groups is 1. The molecule has 2 aromatic rings. The Hall–Kier alpha value is -2.44. The van der Waals surface area contributed by atoms with E-state index < -0.39 is 0 Å². The smallest absolute Gasteiger partial charge is 0.277 e. The van der Waals surface area contributed by atoms with Crippen LogP contribution in [0.3, 0.4) is 0 Å². The molecule has 0 fully saturated rings. The molecule has 0 aliphatic heterocycles. The maximum atomic E-state index is 12.0. The van der Waals surface area contributed by atoms with Gasteiger partial charge in [-0.1, -0.05) is 0 Å². The van der Waals surface area contributed by atoms with Crippen LogP contribution < -0.4 is 10.6 Å². The first kappa shape index (κ1) is 13.0. The van der Waals surface area contributed by atoms with Gasteiger partial charge >= 0.3 is 0 Å². The topological polar surface area (TPSA) is 84.7 Å². The molecule has 100 valence electrons. The van der Waals surface area contributed by atoms with E-state index in [1.807, 2.05) is 13.8 Å². The van der Waals surface area contributed by atoms with Crippen LogP contribution in [0.25, 0.3) is 0 Å². The van der Waals surface area contributed by atoms with Crippen LogP contribution >= 0.6 is 0 Å². The van der Waals surface area contributed by atoms with Gasteiger partial charge in [0.2, 0.25) is 0 Å². The van der Waals surface area contributed by atoms with Crippen LogP contribution in [0.15, 0.2) is 24.4 Å². The lowest BCUT2D eigenvalue weighted by atomic mass is 10.3. The van der Waals surface area contributed by atoms with Crippen molar-refractivity contribution in [2.45, 2.75) is 19.9 Å². The quantitative estimate of drug-likeness (QED) is 0.871. The molecule has 2 heterocycles. The first-order chi connectivity index (χ1) is 9.11. The summed E-state index contributed by atoms with van der Waals surface area (Å²) >= 11 is 0. The van der Waals surface area contributed by atoms with Crippen LogP contribution in [0.4, 0.5) is 11.6 Å². The molecular weight excluding hydrogens is 244 g/mol. The molecule has 0 aromatic carbocycles. The Bertz CT molecular complexity index is 560. The molecule has 2 aromatic heterocycles. The summed E-state index contributed by atoms with van der Waals surface area (Å²) in [5, 5.41) is 17.5. The Labute approximate surface area is 111 Å². The molecule has 2 rings (SSSR count). The number of nitrogens with one attached hydrogen (secondary N) is 2. The van der Waals surface area contributed by atoms with Crippen molar-refractivity contribution >= 4 is 17.5 Å². The number of nitrogens with zero attached hydrogens (tertiary/aromatic N) is 4. The fourth-order valence-electron chi connectivity index (χ4n) is 1.59. The molecule has 0 bridgehead atoms. The number of rotatable bonds is 4. The Morgan fingerprint density at radius 1 is 1.26 bits per heavy atom. The fourth-order valence-corrected chi connectivity index (χ4v) is 1.59. The van der Waals surface area contributed by atoms with Gasteiger partial charge in [0.25, 0.3) is 5.91 Å². The minimum Gasteiger partial charge on any atom is -0.372 e. The highest BCUT2D eigenvalue weighted by Crippen LogP contribution is 2.14. The molecule has 7 nitrogen and oxygen atoms in total. The van der Waals surface area contributed by atoms with Crippen molar-refractivity contribution in [2.24, 2.45) is 0 Å². The first-order valence-corrected chi connectivity index (χ1v) is 5.98. The van der Waals surface area contributed by atoms with E-state index >= 15 is 0 Å². The predicted molar refractivity (Wildman–Crippen MR) is 72.1 cm³/mol. The van der Waals surface area contributed by atoms with Gasteiger partial charge in [-0.05, 0) is 26.0 Å². The Morgan fingerprint density at radius 2 is 2.05 bits per heavy atom. The summed E-state index contributed by atoms with van der Waals surface area (Å²) in [5.41, 5.74) is 0.260. The van der Waals surface area contributed by atoms with Crippen LogP contribution in [0.2, 0.25) is 0 Å². The first-order valence-electron chi connectivity index (χ1n) is 5.98. The lowest BCUT2D eigenvalue weighted by molar-refractivity contribution is 0.102. The van der Waals surface area contributed by atoms with E-state index in [0.29, 0.717) is 11.6 Å². The lowest BCUT2D eigenvalue weighted by Gasteiger charge is -2.11. The average Bonchev–Trinajstić information content (AvgIpc) is 2.87. The maximum absolute atomic E-state index is 12.0. The molecule has 0 saturated heterocycles. The zero-order valence-electron chi connectivity index (χ0n) is 11.1. The van der Waals surface area contributed by atoms with E-state index in [-0.39, 0.29) is 17.6 Å². The number of hydrogen-bond donors (Lipinski definition) is 2. The molecule has 1 amide bonds. The van der Waals surface area contributed by atoms with Gasteiger partial charge in [0, 0.05) is 19.2 Å². The molecule has 0 aliphatic rings. The summed E-state index contributed by atoms with van der Waals surface area (Å²) in [5.74, 6) is 0.945. The van der Waals surface area contributed by atoms with Crippen LogP contribution in [0, 0.1) is 0 Å². The van der Waals surface area contributed by atoms with E-state index in [9.17, 15) is 4.79 Å². The van der Waals surface area contributed by atoms with Gasteiger partial charge in [0.05, 0.1) is 6.20 Å². The molecule has 0 unspecified atom stereocenters. The normalized spacial score (nSPS) is 10.5. The third-order valence-electron chi connectivity index (χ3n) is 2.55. The number of hydrogen-bond acceptors (Lipinski definition) is 5. The van der Waals surface area contributed by atoms with Crippen LogP contribution in [0.5, 0.6) is 0 Å². The second-order valence-corrected chi connectivity index (χ2v) is 4.26. The van der Waals surface area contributed by atoms with Crippen molar-refractivity contribution < 1.29 is 4.79 Å². The average molecular weight is 260 g/mol. The summed E-state index contributed by atoms with van der Waals surface area (Å²) in [7, 11) is 1.74. The third-order valence-corrected chi connectivity index (χ3v) is 2.55. The monoisotopic (exact) mass is 260 g/mol. The molecule has 19 heavy (non-hydrogen) atoms. The van der Waals surface area contributed by atoms with Crippen molar-refractivity contribution in [1.29, 1.82) is 0 Å². The number of amides is 1. The van der Waals surface area contributed by atoms with E-state index in [1.54, 1.807) is 36.1 Å². The van der Waals surface area contributed by atoms with Crippen molar-refractivity contribution in [3.63, 3.8) is 0 Å². The maximum Gasteiger partial charge on any atom is 0.277 e. The lowest BCUT2D eigenvalue weighted by Crippen LogP contribution is -2.18. The van der Waals surface area contributed by atoms with Gasteiger partial charge in [-0.3, -0.25) is 4.79 Å². The number of aromatic nitrogens is 4. The van der Waals surface area contributed by atoms with Gasteiger partial charge in [0.15, 0.2) is 5.69 Å². The standard InChI is InChI=1S/C12H16N6O/c1-8(2)18-11(6-7-14-18)15-12(19)9-4-5-10(13-3)17-16-9/h4-8H,1-3H3,(H,13,17)(H,15,19). The Kier molecular flexibility index (Phi) is 3.74. The largest absolute Gasteiger partial charge is 0.372 e. The van der Waals surface area contributed by atoms with Gasteiger partial charge in [-0.15, -0.1) is 10.2 Å². The summed E-state index contributed by atoms with van der Waals surface area (Å²) < 4.78 is 1.73. The van der Waals surface area contributed by atoms with Gasteiger partial charge in [0.1, 0.15) is 11.6 Å². The minimum atomic E-state index is -0.308. The zero-order chi connectivity index (χ0) is 13.8. The van der Waals surface area contributed by atoms with E-state index in [0.717, 1.165) is 0 Å². The van der Waals surface area contributed by atoms with E-state index in [4.69, 9.17) is 0 Å². The van der Waals surface area contributed by atoms with Gasteiger partial charge in [-0.2, -0.15) is 5.10 Å². The van der Waals surface area contributed by atoms with E-state index in [1.165, 1.54) is 0 Å². The summed E-state index contributed by atoms with van der Waals surface area (Å²) in [6.07, 6.45) is 1.64. The summed E-state index contributed by atoms with van der Waals surface area (Å²) in [4.78, 5) is 12.0. The fraction of sp³-hybridized carbons (Fsp3) is 0.333. The summed E-state index contributed by atoms with van der Waals surface area (Å²) in [6.45, 7) is 3.98. The molecule has 7 heteroatoms. The van der Waals surface area contributed by atoms with E-state index in [2.05, 4.69) is 25.9 Å². The van der Waals surface area contributed by atoms with Crippen LogP contribution in [-0.4, -0.2) is 32.9 Å². The minimum absolute atomic E-state index is 0.169. The second kappa shape index (κ2) is 5.47. The zero-order valence-corrected chi connectivity index (χ0v) is 11.1. The van der Waals surface area contributed by atoms with Crippen molar-refractivity contribution in [3.8, 4) is 0 Å². The predicted octanol–water partition coefficient (Wildman–Crippen LogP) is 1.55.